The second-order valence-electron chi connectivity index (χ2n) is 17.2. The number of benzene rings is 8. The average Bonchev–Trinajstić information content (AvgIpc) is 3.38. The second-order valence-corrected chi connectivity index (χ2v) is 17.2. The van der Waals surface area contributed by atoms with Crippen LogP contribution in [0.5, 0.6) is 23.0 Å². The van der Waals surface area contributed by atoms with E-state index in [1.54, 1.807) is 72.8 Å². The number of carbonyl (C=O) groups is 2. The van der Waals surface area contributed by atoms with Crippen molar-refractivity contribution in [2.75, 3.05) is 28.4 Å². The Morgan fingerprint density at radius 1 is 0.441 bits per heavy atom. The van der Waals surface area contributed by atoms with Crippen molar-refractivity contribution in [2.24, 2.45) is 5.41 Å². The molecule has 0 radical (unpaired) electrons. The molecule has 1 saturated carbocycles. The van der Waals surface area contributed by atoms with Gasteiger partial charge in [0.1, 0.15) is 39.6 Å². The molecule has 9 rings (SSSR count). The van der Waals surface area contributed by atoms with Crippen LogP contribution in [0.1, 0.15) is 64.7 Å². The number of para-hydroxylation sites is 4. The molecular formula is C58H54N2O8. The summed E-state index contributed by atoms with van der Waals surface area (Å²) in [7, 11) is 6.13. The highest BCUT2D eigenvalue weighted by atomic mass is 16.5. The fourth-order valence-electron chi connectivity index (χ4n) is 10.2. The van der Waals surface area contributed by atoms with Gasteiger partial charge in [0, 0.05) is 22.3 Å². The predicted octanol–water partition coefficient (Wildman–Crippen LogP) is 10.1. The average molecular weight is 907 g/mol. The van der Waals surface area contributed by atoms with Gasteiger partial charge < -0.3 is 39.8 Å². The van der Waals surface area contributed by atoms with Crippen molar-refractivity contribution in [3.63, 3.8) is 0 Å². The van der Waals surface area contributed by atoms with E-state index < -0.39 is 40.5 Å². The molecule has 0 heterocycles. The van der Waals surface area contributed by atoms with E-state index in [2.05, 4.69) is 10.6 Å². The highest BCUT2D eigenvalue weighted by molar-refractivity contribution is 6.07. The Kier molecular flexibility index (Phi) is 12.7. The van der Waals surface area contributed by atoms with E-state index in [4.69, 9.17) is 18.9 Å². The van der Waals surface area contributed by atoms with Crippen LogP contribution in [-0.2, 0) is 20.8 Å². The summed E-state index contributed by atoms with van der Waals surface area (Å²) in [6.45, 7) is 0. The number of hydrogen-bond donors (Lipinski definition) is 4. The van der Waals surface area contributed by atoms with Crippen LogP contribution in [-0.4, -0.2) is 50.5 Å². The van der Waals surface area contributed by atoms with Crippen molar-refractivity contribution in [1.82, 2.24) is 10.6 Å². The topological polar surface area (TPSA) is 136 Å². The van der Waals surface area contributed by atoms with E-state index in [0.717, 1.165) is 21.5 Å². The quantitative estimate of drug-likeness (QED) is 0.0704. The largest absolute Gasteiger partial charge is 0.496 e. The number of methoxy groups -OCH3 is 4. The minimum Gasteiger partial charge on any atom is -0.496 e. The summed E-state index contributed by atoms with van der Waals surface area (Å²) in [6, 6.07) is 53.2. The summed E-state index contributed by atoms with van der Waals surface area (Å²) in [5.41, 5.74) is -3.10. The Hall–Kier alpha value is -7.66. The van der Waals surface area contributed by atoms with Crippen molar-refractivity contribution >= 4 is 33.4 Å². The molecule has 1 aliphatic carbocycles. The van der Waals surface area contributed by atoms with E-state index >= 15 is 9.59 Å². The lowest BCUT2D eigenvalue weighted by Crippen LogP contribution is -2.59. The molecule has 2 amide bonds. The fourth-order valence-corrected chi connectivity index (χ4v) is 10.2. The van der Waals surface area contributed by atoms with Crippen molar-refractivity contribution < 1.29 is 38.7 Å². The highest BCUT2D eigenvalue weighted by Crippen LogP contribution is 2.53. The van der Waals surface area contributed by atoms with Gasteiger partial charge in [-0.2, -0.15) is 0 Å². The monoisotopic (exact) mass is 906 g/mol. The van der Waals surface area contributed by atoms with E-state index in [0.29, 0.717) is 62.8 Å². The molecule has 8 aromatic carbocycles. The van der Waals surface area contributed by atoms with Gasteiger partial charge in [-0.3, -0.25) is 9.59 Å². The van der Waals surface area contributed by atoms with Crippen molar-refractivity contribution in [1.29, 1.82) is 0 Å². The molecule has 0 bridgehead atoms. The van der Waals surface area contributed by atoms with Crippen LogP contribution >= 0.6 is 0 Å². The van der Waals surface area contributed by atoms with Crippen LogP contribution in [0, 0.1) is 5.41 Å². The summed E-state index contributed by atoms with van der Waals surface area (Å²) in [5.74, 6) is 0.306. The zero-order valence-electron chi connectivity index (χ0n) is 38.4. The normalized spacial score (nSPS) is 14.3. The molecular weight excluding hydrogens is 853 g/mol. The molecule has 344 valence electrons. The van der Waals surface area contributed by atoms with Crippen molar-refractivity contribution in [3.8, 4) is 23.0 Å². The van der Waals surface area contributed by atoms with E-state index in [1.807, 2.05) is 109 Å². The van der Waals surface area contributed by atoms with Crippen LogP contribution in [0.15, 0.2) is 182 Å². The Labute approximate surface area is 396 Å². The summed E-state index contributed by atoms with van der Waals surface area (Å²) >= 11 is 0. The molecule has 0 spiro atoms. The number of rotatable bonds is 16. The smallest absolute Gasteiger partial charge is 0.236 e. The maximum absolute atomic E-state index is 15.8. The Balaban J connectivity index is 1.24. The van der Waals surface area contributed by atoms with Crippen LogP contribution in [0.25, 0.3) is 21.5 Å². The molecule has 4 N–H and O–H groups in total. The van der Waals surface area contributed by atoms with Gasteiger partial charge in [0.15, 0.2) is 0 Å². The molecule has 1 fully saturated rings. The lowest BCUT2D eigenvalue weighted by Gasteiger charge is -2.45. The minimum absolute atomic E-state index is 0.193. The zero-order valence-corrected chi connectivity index (χ0v) is 38.4. The third-order valence-electron chi connectivity index (χ3n) is 13.8. The zero-order chi connectivity index (χ0) is 47.5. The minimum atomic E-state index is -2.06. The van der Waals surface area contributed by atoms with E-state index in [9.17, 15) is 10.2 Å². The number of carbonyl (C=O) groups excluding carboxylic acids is 2. The first-order valence-corrected chi connectivity index (χ1v) is 22.7. The third-order valence-corrected chi connectivity index (χ3v) is 13.8. The molecule has 68 heavy (non-hydrogen) atoms. The summed E-state index contributed by atoms with van der Waals surface area (Å²) in [5, 5.41) is 37.8. The second kappa shape index (κ2) is 18.9. The van der Waals surface area contributed by atoms with Crippen LogP contribution in [0.4, 0.5) is 0 Å². The van der Waals surface area contributed by atoms with Crippen LogP contribution < -0.4 is 29.6 Å². The Morgan fingerprint density at radius 3 is 1.04 bits per heavy atom. The van der Waals surface area contributed by atoms with Gasteiger partial charge in [-0.1, -0.05) is 164 Å². The van der Waals surface area contributed by atoms with E-state index in [-0.39, 0.29) is 12.8 Å². The Morgan fingerprint density at radius 2 is 0.735 bits per heavy atom. The lowest BCUT2D eigenvalue weighted by atomic mass is 9.66. The molecule has 0 unspecified atom stereocenters. The molecule has 0 aliphatic heterocycles. The van der Waals surface area contributed by atoms with Gasteiger partial charge in [-0.15, -0.1) is 0 Å². The molecule has 10 nitrogen and oxygen atoms in total. The number of amides is 2. The predicted molar refractivity (Wildman–Crippen MR) is 264 cm³/mol. The fraction of sp³-hybridized carbons (Fsp3) is 0.207. The van der Waals surface area contributed by atoms with Crippen molar-refractivity contribution in [3.05, 3.63) is 215 Å². The number of hydrogen-bond acceptors (Lipinski definition) is 8. The summed E-state index contributed by atoms with van der Waals surface area (Å²) in [4.78, 5) is 31.6. The van der Waals surface area contributed by atoms with E-state index in [1.165, 1.54) is 28.4 Å². The van der Waals surface area contributed by atoms with Gasteiger partial charge in [-0.25, -0.2) is 0 Å². The maximum atomic E-state index is 15.8. The van der Waals surface area contributed by atoms with Crippen LogP contribution in [0.2, 0.25) is 0 Å². The molecule has 10 heteroatoms. The summed E-state index contributed by atoms with van der Waals surface area (Å²) < 4.78 is 23.8. The number of ether oxygens (including phenoxy) is 4. The van der Waals surface area contributed by atoms with Gasteiger partial charge >= 0.3 is 0 Å². The standard InChI is InChI=1S/C58H54N2O8/c1-65-48-32-13-9-28-44(48)57(63,45-29-10-14-33-49(45)66-2)52(42-26-17-22-38-20-5-7-24-40(38)42)59-54(61)56(36-19-37-56)55(62)60-53(43-27-18-23-39-21-6-8-25-41(39)43)58(64,46-30-11-15-34-50(46)67-3)47-31-12-16-35-51(47)68-4/h5-18,20-35,52-53,63-64H,19,36-37H2,1-4H3,(H,59,61)(H,60,62)/t52-,53-/m0/s1. The Bertz CT molecular complexity index is 2820. The first kappa shape index (κ1) is 45.5. The SMILES string of the molecule is COc1ccccc1C(O)(c1ccccc1OC)[C@@H](NC(=O)C1(C(=O)N[C@@H](c2cccc3ccccc23)C(O)(c2ccccc2OC)c2ccccc2OC)CCC1)c1cccc2ccccc12. The first-order valence-electron chi connectivity index (χ1n) is 22.7. The van der Waals surface area contributed by atoms with Crippen molar-refractivity contribution in [2.45, 2.75) is 42.5 Å². The highest BCUT2D eigenvalue weighted by Gasteiger charge is 2.56. The molecule has 8 aromatic rings. The van der Waals surface area contributed by atoms with Gasteiger partial charge in [0.25, 0.3) is 0 Å². The first-order chi connectivity index (χ1) is 33.1. The molecule has 0 aromatic heterocycles. The number of fused-ring (bicyclic) bond motifs is 2. The third kappa shape index (κ3) is 7.65. The van der Waals surface area contributed by atoms with Gasteiger partial charge in [-0.05, 0) is 69.8 Å². The van der Waals surface area contributed by atoms with Crippen LogP contribution in [0.3, 0.4) is 0 Å². The number of nitrogens with one attached hydrogen (secondary N) is 2. The van der Waals surface area contributed by atoms with Gasteiger partial charge in [0.05, 0.1) is 40.5 Å². The number of aliphatic hydroxyl groups is 2. The molecule has 1 aliphatic rings. The molecule has 0 saturated heterocycles. The maximum Gasteiger partial charge on any atom is 0.236 e. The lowest BCUT2D eigenvalue weighted by molar-refractivity contribution is -0.153. The summed E-state index contributed by atoms with van der Waals surface area (Å²) in [6.07, 6.45) is 0.961. The molecule has 2 atom stereocenters. The van der Waals surface area contributed by atoms with Gasteiger partial charge in [0.2, 0.25) is 11.8 Å².